The van der Waals surface area contributed by atoms with Crippen molar-refractivity contribution in [1.29, 1.82) is 0 Å². The molecule has 26 heavy (non-hydrogen) atoms. The van der Waals surface area contributed by atoms with Crippen molar-refractivity contribution in [1.82, 2.24) is 5.32 Å². The van der Waals surface area contributed by atoms with Gasteiger partial charge in [0.05, 0.1) is 13.2 Å². The van der Waals surface area contributed by atoms with Gasteiger partial charge in [0.2, 0.25) is 5.91 Å². The molecule has 0 bridgehead atoms. The maximum absolute atomic E-state index is 11.3. The number of amides is 1. The number of hydrogen-bond donors (Lipinski definition) is 8. The molecule has 0 unspecified atom stereocenters. The van der Waals surface area contributed by atoms with Crippen LogP contribution in [0.5, 0.6) is 0 Å². The molecule has 8 N–H and O–H groups in total. The van der Waals surface area contributed by atoms with E-state index >= 15 is 0 Å². The van der Waals surface area contributed by atoms with Crippen LogP contribution in [-0.4, -0.2) is 116 Å². The molecule has 0 aromatic rings. The Morgan fingerprint density at radius 3 is 2.12 bits per heavy atom. The van der Waals surface area contributed by atoms with Gasteiger partial charge in [-0.15, -0.1) is 0 Å². The van der Waals surface area contributed by atoms with E-state index in [0.717, 1.165) is 0 Å². The van der Waals surface area contributed by atoms with Crippen molar-refractivity contribution < 1.29 is 54.8 Å². The molecule has 0 aliphatic carbocycles. The number of aliphatic hydroxyl groups excluding tert-OH is 7. The summed E-state index contributed by atoms with van der Waals surface area (Å²) >= 11 is 0. The Hall–Kier alpha value is -0.930. The molecule has 0 spiro atoms. The highest BCUT2D eigenvalue weighted by Crippen LogP contribution is 2.25. The van der Waals surface area contributed by atoms with Crippen molar-refractivity contribution in [3.63, 3.8) is 0 Å². The Morgan fingerprint density at radius 2 is 1.54 bits per heavy atom. The van der Waals surface area contributed by atoms with E-state index in [1.165, 1.54) is 6.92 Å². The fraction of sp³-hybridized carbons (Fsp3) is 0.929. The van der Waals surface area contributed by atoms with Gasteiger partial charge in [0.1, 0.15) is 48.8 Å². The lowest BCUT2D eigenvalue weighted by atomic mass is 9.96. The summed E-state index contributed by atoms with van der Waals surface area (Å²) < 4.78 is 15.7. The number of nitrogens with one attached hydrogen (secondary N) is 1. The summed E-state index contributed by atoms with van der Waals surface area (Å²) in [5, 5.41) is 70.1. The summed E-state index contributed by atoms with van der Waals surface area (Å²) in [6, 6.07) is -1.19. The number of carbonyl (C=O) groups excluding carboxylic acids is 1. The predicted octanol–water partition coefficient (Wildman–Crippen LogP) is -5.25. The molecule has 2 aliphatic rings. The highest BCUT2D eigenvalue weighted by atomic mass is 16.7. The number of ether oxygens (including phenoxy) is 3. The van der Waals surface area contributed by atoms with Gasteiger partial charge < -0.3 is 55.3 Å². The first-order chi connectivity index (χ1) is 12.2. The summed E-state index contributed by atoms with van der Waals surface area (Å²) in [5.41, 5.74) is 0. The van der Waals surface area contributed by atoms with Gasteiger partial charge in [-0.05, 0) is 0 Å². The van der Waals surface area contributed by atoms with Crippen LogP contribution >= 0.6 is 0 Å². The third-order valence-electron chi connectivity index (χ3n) is 4.36. The number of rotatable bonds is 5. The zero-order chi connectivity index (χ0) is 19.6. The van der Waals surface area contributed by atoms with Crippen LogP contribution in [0.1, 0.15) is 6.92 Å². The van der Waals surface area contributed by atoms with E-state index in [0.29, 0.717) is 0 Å². The molecule has 0 saturated carbocycles. The fourth-order valence-electron chi connectivity index (χ4n) is 2.87. The lowest BCUT2D eigenvalue weighted by molar-refractivity contribution is -0.311. The molecule has 0 radical (unpaired) electrons. The molecule has 1 amide bonds. The van der Waals surface area contributed by atoms with Gasteiger partial charge in [-0.2, -0.15) is 0 Å². The van der Waals surface area contributed by atoms with E-state index in [1.54, 1.807) is 0 Å². The zero-order valence-corrected chi connectivity index (χ0v) is 14.0. The highest BCUT2D eigenvalue weighted by molar-refractivity contribution is 5.73. The monoisotopic (exact) mass is 383 g/mol. The summed E-state index contributed by atoms with van der Waals surface area (Å²) in [6.45, 7) is 0.0944. The quantitative estimate of drug-likeness (QED) is 0.226. The first-order valence-corrected chi connectivity index (χ1v) is 8.06. The van der Waals surface area contributed by atoms with Crippen LogP contribution < -0.4 is 5.32 Å². The van der Waals surface area contributed by atoms with Crippen LogP contribution in [0, 0.1) is 0 Å². The van der Waals surface area contributed by atoms with Crippen molar-refractivity contribution in [3.05, 3.63) is 0 Å². The molecule has 2 fully saturated rings. The number of carbonyl (C=O) groups is 1. The van der Waals surface area contributed by atoms with E-state index in [-0.39, 0.29) is 0 Å². The topological polar surface area (TPSA) is 198 Å². The van der Waals surface area contributed by atoms with Crippen molar-refractivity contribution in [2.75, 3.05) is 13.2 Å². The van der Waals surface area contributed by atoms with Crippen LogP contribution in [-0.2, 0) is 19.0 Å². The first kappa shape index (κ1) is 21.4. The van der Waals surface area contributed by atoms with Gasteiger partial charge in [-0.25, -0.2) is 0 Å². The van der Waals surface area contributed by atoms with E-state index in [1.807, 2.05) is 0 Å². The molecule has 10 atom stereocenters. The predicted molar refractivity (Wildman–Crippen MR) is 80.2 cm³/mol. The zero-order valence-electron chi connectivity index (χ0n) is 14.0. The second kappa shape index (κ2) is 8.84. The molecule has 2 heterocycles. The van der Waals surface area contributed by atoms with Gasteiger partial charge >= 0.3 is 0 Å². The van der Waals surface area contributed by atoms with E-state index in [4.69, 9.17) is 14.2 Å². The van der Waals surface area contributed by atoms with Gasteiger partial charge in [0, 0.05) is 6.92 Å². The highest BCUT2D eigenvalue weighted by Gasteiger charge is 2.47. The third kappa shape index (κ3) is 4.48. The Bertz CT molecular complexity index is 480. The lowest BCUT2D eigenvalue weighted by Gasteiger charge is -2.43. The summed E-state index contributed by atoms with van der Waals surface area (Å²) in [5.74, 6) is -0.538. The van der Waals surface area contributed by atoms with Crippen molar-refractivity contribution in [2.45, 2.75) is 68.3 Å². The Morgan fingerprint density at radius 1 is 0.923 bits per heavy atom. The van der Waals surface area contributed by atoms with Gasteiger partial charge in [-0.3, -0.25) is 4.79 Å². The summed E-state index contributed by atoms with van der Waals surface area (Å²) in [6.07, 6.45) is -13.5. The number of hydrogen-bond acceptors (Lipinski definition) is 11. The van der Waals surface area contributed by atoms with E-state index in [2.05, 4.69) is 5.32 Å². The Balaban J connectivity index is 2.05. The average Bonchev–Trinajstić information content (AvgIpc) is 2.60. The normalized spacial score (nSPS) is 46.8. The second-order valence-electron chi connectivity index (χ2n) is 6.30. The van der Waals surface area contributed by atoms with Gasteiger partial charge in [0.25, 0.3) is 0 Å². The Kier molecular flexibility index (Phi) is 7.27. The summed E-state index contributed by atoms with van der Waals surface area (Å²) in [7, 11) is 0. The molecular formula is C14H25NO11. The maximum Gasteiger partial charge on any atom is 0.217 e. The molecule has 0 aromatic carbocycles. The SMILES string of the molecule is CC(=O)N[C@H]1[C@H](OC[C@H]2O[C@@H](O)[C@H](O)[C@@H](O)[C@@H]2O)O[C@H](CO)[C@@H](O)[C@@H]1O. The lowest BCUT2D eigenvalue weighted by Crippen LogP contribution is -2.65. The van der Waals surface area contributed by atoms with Crippen molar-refractivity contribution in [3.8, 4) is 0 Å². The third-order valence-corrected chi connectivity index (χ3v) is 4.36. The van der Waals surface area contributed by atoms with Crippen LogP contribution in [0.4, 0.5) is 0 Å². The molecule has 12 heteroatoms. The molecule has 152 valence electrons. The molecule has 2 saturated heterocycles. The van der Waals surface area contributed by atoms with Crippen molar-refractivity contribution in [2.24, 2.45) is 0 Å². The van der Waals surface area contributed by atoms with E-state index < -0.39 is 80.5 Å². The van der Waals surface area contributed by atoms with Crippen molar-refractivity contribution >= 4 is 5.91 Å². The smallest absolute Gasteiger partial charge is 0.217 e. The average molecular weight is 383 g/mol. The minimum Gasteiger partial charge on any atom is -0.394 e. The van der Waals surface area contributed by atoms with Crippen LogP contribution in [0.25, 0.3) is 0 Å². The Labute approximate surface area is 148 Å². The van der Waals surface area contributed by atoms with Gasteiger partial charge in [0.15, 0.2) is 12.6 Å². The van der Waals surface area contributed by atoms with Crippen LogP contribution in [0.3, 0.4) is 0 Å². The first-order valence-electron chi connectivity index (χ1n) is 8.06. The standard InChI is InChI=1S/C14H25NO11/c1-4(17)15-7-10(20)8(18)5(2-16)26-14(7)24-3-6-9(19)11(21)12(22)13(23)25-6/h5-14,16,18-23H,2-3H2,1H3,(H,15,17)/t5-,6-,7-,8-,9-,10-,11+,12-,13-,14-/m1/s1. The van der Waals surface area contributed by atoms with Crippen LogP contribution in [0.2, 0.25) is 0 Å². The maximum atomic E-state index is 11.3. The van der Waals surface area contributed by atoms with Crippen LogP contribution in [0.15, 0.2) is 0 Å². The molecule has 2 aliphatic heterocycles. The van der Waals surface area contributed by atoms with Gasteiger partial charge in [-0.1, -0.05) is 0 Å². The fourth-order valence-corrected chi connectivity index (χ4v) is 2.87. The minimum absolute atomic E-state index is 0.455. The number of aliphatic hydroxyl groups is 7. The molecular weight excluding hydrogens is 358 g/mol. The largest absolute Gasteiger partial charge is 0.394 e. The summed E-state index contributed by atoms with van der Waals surface area (Å²) in [4.78, 5) is 11.3. The minimum atomic E-state index is -1.75. The second-order valence-corrected chi connectivity index (χ2v) is 6.30. The van der Waals surface area contributed by atoms with E-state index in [9.17, 15) is 40.5 Å². The molecule has 0 aromatic heterocycles. The molecule has 12 nitrogen and oxygen atoms in total. The molecule has 2 rings (SSSR count).